The largest absolute Gasteiger partial charge is 1.00 e. The molecule has 0 atom stereocenters. The summed E-state index contributed by atoms with van der Waals surface area (Å²) in [5.41, 5.74) is 32.5. The minimum Gasteiger partial charge on any atom is -0.917 e. The van der Waals surface area contributed by atoms with Crippen molar-refractivity contribution in [1.29, 1.82) is 0 Å². The molecule has 0 saturated heterocycles. The van der Waals surface area contributed by atoms with Crippen molar-refractivity contribution in [3.8, 4) is 0 Å². The molecule has 81 heavy (non-hydrogen) atoms. The van der Waals surface area contributed by atoms with Gasteiger partial charge in [-0.3, -0.25) is 4.79 Å². The fourth-order valence-electron chi connectivity index (χ4n) is 4.09. The van der Waals surface area contributed by atoms with Crippen molar-refractivity contribution in [1.82, 2.24) is 49.8 Å². The summed E-state index contributed by atoms with van der Waals surface area (Å²) in [6, 6.07) is 21.1. The fourth-order valence-corrected chi connectivity index (χ4v) is 7.69. The van der Waals surface area contributed by atoms with E-state index in [4.69, 9.17) is 111 Å². The molecule has 0 radical (unpaired) electrons. The number of rotatable bonds is 1. The number of nitrogens with two attached hydrogens (primary N) is 4. The maximum Gasteiger partial charge on any atom is 1.00 e. The zero-order chi connectivity index (χ0) is 49.3. The van der Waals surface area contributed by atoms with E-state index in [1.54, 1.807) is 65.1 Å². The fraction of sp³-hybridized carbons (Fsp3) is 0.234. The molecule has 0 amide bonds. The van der Waals surface area contributed by atoms with E-state index >= 15 is 0 Å². The first kappa shape index (κ1) is 106. The smallest absolute Gasteiger partial charge is 0.917 e. The Morgan fingerprint density at radius 2 is 1.02 bits per heavy atom. The van der Waals surface area contributed by atoms with Crippen LogP contribution in [0.5, 0.6) is 0 Å². The average Bonchev–Trinajstić information content (AvgIpc) is 4.14. The van der Waals surface area contributed by atoms with Gasteiger partial charge in [-0.25, -0.2) is 39.9 Å². The van der Waals surface area contributed by atoms with Gasteiger partial charge in [-0.2, -0.15) is 11.0 Å². The molecule has 0 aliphatic rings. The number of hydrogen-bond donors (Lipinski definition) is 6. The predicted octanol–water partition coefficient (Wildman–Crippen LogP) is 7.28. The maximum atomic E-state index is 8.44. The third-order valence-electron chi connectivity index (χ3n) is 6.81. The predicted molar refractivity (Wildman–Crippen MR) is 340 cm³/mol. The summed E-state index contributed by atoms with van der Waals surface area (Å²) in [5, 5.41) is 9.39. The van der Waals surface area contributed by atoms with E-state index in [0.717, 1.165) is 47.1 Å². The minimum absolute atomic E-state index is 0. The Hall–Kier alpha value is -2.97. The summed E-state index contributed by atoms with van der Waals surface area (Å²) in [7, 11) is -3.11. The van der Waals surface area contributed by atoms with Gasteiger partial charge in [-0.1, -0.05) is 162 Å². The normalized spacial score (nSPS) is 8.02. The molecule has 0 saturated carbocycles. The van der Waals surface area contributed by atoms with Gasteiger partial charge < -0.3 is 56.3 Å². The van der Waals surface area contributed by atoms with Crippen LogP contribution in [0.25, 0.3) is 46.2 Å². The van der Waals surface area contributed by atoms with Crippen LogP contribution in [0.4, 0.5) is 22.3 Å². The van der Waals surface area contributed by atoms with Crippen molar-refractivity contribution in [2.75, 3.05) is 17.2 Å². The van der Waals surface area contributed by atoms with E-state index in [0.29, 0.717) is 54.1 Å². The number of carbonyl (C=O) groups is 1. The number of thiazole rings is 4. The number of aromatic amines is 1. The molecule has 0 fully saturated rings. The molecule has 10 aromatic heterocycles. The van der Waals surface area contributed by atoms with Crippen LogP contribution in [0.15, 0.2) is 95.5 Å². The summed E-state index contributed by atoms with van der Waals surface area (Å²) in [5.74, 6) is 0.432. The van der Waals surface area contributed by atoms with Gasteiger partial charge in [0.25, 0.3) is 12.3 Å². The van der Waals surface area contributed by atoms with Crippen molar-refractivity contribution in [2.24, 2.45) is 5.73 Å². The van der Waals surface area contributed by atoms with Gasteiger partial charge >= 0.3 is 88.7 Å². The number of fused-ring (bicyclic) bond motifs is 4. The number of carboxylic acid groups (broad SMARTS) is 1. The molecular weight excluding hydrogens is 1270 g/mol. The first-order valence-corrected chi connectivity index (χ1v) is 23.8. The molecule has 0 bridgehead atoms. The minimum atomic E-state index is -3.11. The third-order valence-corrected chi connectivity index (χ3v) is 11.0. The zero-order valence-electron chi connectivity index (χ0n) is 36.8. The maximum absolute atomic E-state index is 8.44. The Morgan fingerprint density at radius 1 is 0.617 bits per heavy atom. The summed E-state index contributed by atoms with van der Waals surface area (Å²) < 4.78 is 25.8. The van der Waals surface area contributed by atoms with E-state index < -0.39 is 11.0 Å². The molecule has 10 heterocycles. The molecule has 11 N–H and O–H groups in total. The molecule has 0 aliphatic heterocycles. The molecule has 34 heteroatoms. The molecule has 0 aliphatic carbocycles. The summed E-state index contributed by atoms with van der Waals surface area (Å²) >= 11 is 32.9. The van der Waals surface area contributed by atoms with E-state index in [1.165, 1.54) is 51.5 Å². The van der Waals surface area contributed by atoms with Crippen molar-refractivity contribution in [2.45, 2.75) is 80.8 Å². The first-order chi connectivity index (χ1) is 32.0. The molecule has 0 aromatic carbocycles. The van der Waals surface area contributed by atoms with Gasteiger partial charge in [0.15, 0.2) is 5.13 Å². The van der Waals surface area contributed by atoms with Crippen LogP contribution in [0.3, 0.4) is 0 Å². The number of hydrogen-bond acceptors (Lipinski definition) is 24. The number of pyridine rings is 6. The quantitative estimate of drug-likeness (QED) is 0.0137. The van der Waals surface area contributed by atoms with Gasteiger partial charge in [-0.05, 0) is 72.8 Å². The van der Waals surface area contributed by atoms with Crippen LogP contribution in [0, 0.1) is 11.2 Å². The topological polar surface area (TPSA) is 365 Å². The van der Waals surface area contributed by atoms with Gasteiger partial charge in [0.05, 0.1) is 45.3 Å². The number of H-pyrrole nitrogens is 1. The number of nitrogens with one attached hydrogen (secondary N) is 1. The Kier molecular flexibility index (Phi) is 77.1. The second-order valence-electron chi connectivity index (χ2n) is 11.3. The van der Waals surface area contributed by atoms with Crippen LogP contribution >= 0.6 is 104 Å². The number of nitrogen functional groups attached to an aromatic ring is 3. The van der Waals surface area contributed by atoms with Gasteiger partial charge in [-0.15, -0.1) is 27.7 Å². The number of aromatic nitrogens is 10. The summed E-state index contributed by atoms with van der Waals surface area (Å²) in [4.78, 5) is 54.2. The number of anilines is 3. The molecule has 0 spiro atoms. The molecule has 21 nitrogen and oxygen atoms in total. The Morgan fingerprint density at radius 3 is 1.43 bits per heavy atom. The van der Waals surface area contributed by atoms with E-state index in [2.05, 4.69) is 54.7 Å². The molecule has 436 valence electrons. The second-order valence-corrected chi connectivity index (χ2v) is 17.2. The van der Waals surface area contributed by atoms with E-state index in [-0.39, 0.29) is 175 Å². The molecule has 10 rings (SSSR count). The zero-order valence-corrected chi connectivity index (χ0v) is 50.7. The van der Waals surface area contributed by atoms with Crippen molar-refractivity contribution in [3.63, 3.8) is 0 Å². The summed E-state index contributed by atoms with van der Waals surface area (Å²) in [6.07, 6.45) is 1.52. The Bertz CT molecular complexity index is 3290. The van der Waals surface area contributed by atoms with Gasteiger partial charge in [0.1, 0.15) is 56.3 Å². The van der Waals surface area contributed by atoms with E-state index in [9.17, 15) is 0 Å². The van der Waals surface area contributed by atoms with Crippen LogP contribution in [0.1, 0.15) is 80.0 Å². The second kappa shape index (κ2) is 58.8. The van der Waals surface area contributed by atoms with Crippen molar-refractivity contribution < 1.29 is 117 Å². The monoisotopic (exact) mass is 1340 g/mol. The van der Waals surface area contributed by atoms with Crippen LogP contribution in [-0.4, -0.2) is 71.4 Å². The number of nitrogens with zero attached hydrogens (tertiary/aromatic N) is 10. The molecule has 0 unspecified atom stereocenters. The van der Waals surface area contributed by atoms with Gasteiger partial charge in [0, 0.05) is 6.54 Å². The first-order valence-electron chi connectivity index (χ1n) is 17.4. The third kappa shape index (κ3) is 41.7. The van der Waals surface area contributed by atoms with E-state index in [1.807, 2.05) is 24.3 Å². The molecular formula is C47H70Cl4N15Na3O6S6. The average molecular weight is 1340 g/mol. The van der Waals surface area contributed by atoms with Crippen molar-refractivity contribution >= 4 is 185 Å². The van der Waals surface area contributed by atoms with Crippen LogP contribution in [-0.2, 0) is 30.7 Å². The summed E-state index contributed by atoms with van der Waals surface area (Å²) in [6.45, 7) is 6.96. The Labute approximate surface area is 586 Å². The van der Waals surface area contributed by atoms with Crippen LogP contribution < -0.4 is 112 Å². The SMILES string of the molecule is C.C.C.C.C.C.C.C.C.C.Clc1ccc2ncsc2n1.NCc1ccc2ncsc2n1.Nc1ccc(Cl)[nH]c1=S.Nc1ccc(Cl)nc1.Nc1nc2ccc(Cl)nc2s1.O=CO.O=[S-](=O)[O-].[C-]#[N+]c1ccc2ncsc2n1.[Na+].[Na+].[Na+].[OH-]. The van der Waals surface area contributed by atoms with Crippen LogP contribution in [0.2, 0.25) is 20.6 Å². The number of halogens is 4. The molecule has 10 aromatic rings. The van der Waals surface area contributed by atoms with Gasteiger partial charge in [0.2, 0.25) is 4.83 Å². The van der Waals surface area contributed by atoms with Crippen molar-refractivity contribution in [3.05, 3.63) is 138 Å². The Balaban J connectivity index is -0.0000000668. The standard InChI is InChI=1S/C7H3N3S.C7H7N3S.C6H4ClN3S.C6H3ClN2S.C5H5ClN2S.C5H5ClN2.CH2O2.10CH4.3Na.O3S.H2O/c1-8-6-3-2-5-7(10-6)11-4-9-5;8-3-5-1-2-6-7(10-5)11-4-9-6;7-4-2-1-3-5(10-4)11-6(8)9-3;7-5-2-1-4-6(9-5)10-3-8-4;6-4-2-1-3(7)5(9)8-4;6-5-2-1-4(7)3-8-5;2-1-3;;;;;;;;;;;;;;1-4(2)3;/h2-4H;1-2,4H,3,8H2;1-2H,(H2,8,9);1-3H;1-2H,7H2,(H,8,9);1-3H,7H2;1H,(H,2,3);10*1H4;;;;;1H2/q;;;;;;;;;;;;;;;;;3*+1;-2;/p-1.